The Kier molecular flexibility index (Phi) is 7.45. The Bertz CT molecular complexity index is 364. The second-order valence-electron chi connectivity index (χ2n) is 8.99. The molecule has 0 aromatic carbocycles. The standard InChI is InChI=1S/C22H39N/c1-4-6-18(2)7-5-8-20-13-15-22(17-23,16-14-20)21-11-9-19(3)10-12-21/h18-21H,4-16H2,1-3H3. The van der Waals surface area contributed by atoms with Crippen LogP contribution in [0.3, 0.4) is 0 Å². The van der Waals surface area contributed by atoms with Gasteiger partial charge in [-0.15, -0.1) is 0 Å². The molecule has 0 aromatic heterocycles. The van der Waals surface area contributed by atoms with Crippen molar-refractivity contribution in [3.8, 4) is 6.07 Å². The highest BCUT2D eigenvalue weighted by Crippen LogP contribution is 2.50. The van der Waals surface area contributed by atoms with Gasteiger partial charge in [0.2, 0.25) is 0 Å². The summed E-state index contributed by atoms with van der Waals surface area (Å²) in [6.45, 7) is 7.09. The van der Waals surface area contributed by atoms with Crippen molar-refractivity contribution < 1.29 is 0 Å². The molecule has 0 heterocycles. The molecule has 1 heteroatoms. The van der Waals surface area contributed by atoms with Crippen LogP contribution >= 0.6 is 0 Å². The van der Waals surface area contributed by atoms with Gasteiger partial charge in [-0.1, -0.05) is 65.7 Å². The molecule has 0 saturated heterocycles. The van der Waals surface area contributed by atoms with Crippen molar-refractivity contribution in [2.24, 2.45) is 29.1 Å². The molecule has 2 fully saturated rings. The van der Waals surface area contributed by atoms with Gasteiger partial charge in [-0.3, -0.25) is 0 Å². The van der Waals surface area contributed by atoms with Crippen LogP contribution in [0.5, 0.6) is 0 Å². The number of nitrogens with zero attached hydrogens (tertiary/aromatic N) is 1. The van der Waals surface area contributed by atoms with Gasteiger partial charge in [-0.2, -0.15) is 5.26 Å². The van der Waals surface area contributed by atoms with Crippen LogP contribution in [0.2, 0.25) is 0 Å². The van der Waals surface area contributed by atoms with Crippen LogP contribution in [-0.2, 0) is 0 Å². The minimum Gasteiger partial charge on any atom is -0.198 e. The molecular weight excluding hydrogens is 278 g/mol. The Morgan fingerprint density at radius 3 is 2.26 bits per heavy atom. The largest absolute Gasteiger partial charge is 0.198 e. The van der Waals surface area contributed by atoms with E-state index in [1.807, 2.05) is 0 Å². The molecule has 23 heavy (non-hydrogen) atoms. The summed E-state index contributed by atoms with van der Waals surface area (Å²) in [6.07, 6.45) is 17.3. The summed E-state index contributed by atoms with van der Waals surface area (Å²) in [5.74, 6) is 3.41. The Balaban J connectivity index is 1.74. The van der Waals surface area contributed by atoms with E-state index in [1.54, 1.807) is 0 Å². The van der Waals surface area contributed by atoms with Gasteiger partial charge in [0.1, 0.15) is 0 Å². The van der Waals surface area contributed by atoms with Crippen LogP contribution in [-0.4, -0.2) is 0 Å². The van der Waals surface area contributed by atoms with E-state index in [1.165, 1.54) is 83.5 Å². The average Bonchev–Trinajstić information content (AvgIpc) is 2.57. The highest BCUT2D eigenvalue weighted by molar-refractivity contribution is 5.06. The van der Waals surface area contributed by atoms with Crippen molar-refractivity contribution in [1.82, 2.24) is 0 Å². The van der Waals surface area contributed by atoms with Crippen LogP contribution in [0, 0.1) is 40.4 Å². The first kappa shape index (κ1) is 18.8. The summed E-state index contributed by atoms with van der Waals surface area (Å²) in [5.41, 5.74) is 0.0478. The van der Waals surface area contributed by atoms with Crippen molar-refractivity contribution in [2.45, 2.75) is 104 Å². The molecule has 132 valence electrons. The minimum atomic E-state index is 0.0478. The summed E-state index contributed by atoms with van der Waals surface area (Å²) in [4.78, 5) is 0. The fourth-order valence-corrected chi connectivity index (χ4v) is 5.30. The van der Waals surface area contributed by atoms with Crippen LogP contribution in [0.4, 0.5) is 0 Å². The topological polar surface area (TPSA) is 23.8 Å². The van der Waals surface area contributed by atoms with E-state index >= 15 is 0 Å². The molecule has 0 bridgehead atoms. The van der Waals surface area contributed by atoms with Crippen molar-refractivity contribution in [1.29, 1.82) is 5.26 Å². The maximum absolute atomic E-state index is 9.90. The highest BCUT2D eigenvalue weighted by atomic mass is 14.5. The summed E-state index contributed by atoms with van der Waals surface area (Å²) in [5, 5.41) is 9.90. The molecule has 0 spiro atoms. The summed E-state index contributed by atoms with van der Waals surface area (Å²) >= 11 is 0. The third-order valence-corrected chi connectivity index (χ3v) is 7.11. The molecule has 2 aliphatic rings. The molecule has 0 amide bonds. The van der Waals surface area contributed by atoms with Crippen molar-refractivity contribution >= 4 is 0 Å². The van der Waals surface area contributed by atoms with Gasteiger partial charge < -0.3 is 0 Å². The van der Waals surface area contributed by atoms with E-state index in [0.717, 1.165) is 17.8 Å². The van der Waals surface area contributed by atoms with Gasteiger partial charge in [0.05, 0.1) is 11.5 Å². The monoisotopic (exact) mass is 317 g/mol. The van der Waals surface area contributed by atoms with Crippen LogP contribution in [0.15, 0.2) is 0 Å². The molecule has 1 nitrogen and oxygen atoms in total. The summed E-state index contributed by atoms with van der Waals surface area (Å²) in [7, 11) is 0. The SMILES string of the molecule is CCCC(C)CCCC1CCC(C#N)(C2CCC(C)CC2)CC1. The first-order chi connectivity index (χ1) is 11.1. The van der Waals surface area contributed by atoms with Crippen LogP contribution in [0.25, 0.3) is 0 Å². The lowest BCUT2D eigenvalue weighted by atomic mass is 9.59. The molecule has 2 aliphatic carbocycles. The summed E-state index contributed by atoms with van der Waals surface area (Å²) < 4.78 is 0. The fourth-order valence-electron chi connectivity index (χ4n) is 5.30. The van der Waals surface area contributed by atoms with Crippen LogP contribution < -0.4 is 0 Å². The van der Waals surface area contributed by atoms with Crippen molar-refractivity contribution in [3.05, 3.63) is 0 Å². The Labute approximate surface area is 145 Å². The second kappa shape index (κ2) is 9.10. The van der Waals surface area contributed by atoms with E-state index in [0.29, 0.717) is 5.92 Å². The van der Waals surface area contributed by atoms with Crippen molar-refractivity contribution in [3.63, 3.8) is 0 Å². The first-order valence-corrected chi connectivity index (χ1v) is 10.5. The Morgan fingerprint density at radius 1 is 1.04 bits per heavy atom. The first-order valence-electron chi connectivity index (χ1n) is 10.5. The zero-order valence-corrected chi connectivity index (χ0v) is 15.9. The zero-order chi connectivity index (χ0) is 16.7. The van der Waals surface area contributed by atoms with Crippen molar-refractivity contribution in [2.75, 3.05) is 0 Å². The predicted octanol–water partition coefficient (Wildman–Crippen LogP) is 7.12. The van der Waals surface area contributed by atoms with E-state index in [9.17, 15) is 5.26 Å². The normalized spacial score (nSPS) is 36.3. The van der Waals surface area contributed by atoms with E-state index in [-0.39, 0.29) is 5.41 Å². The molecule has 2 saturated carbocycles. The van der Waals surface area contributed by atoms with E-state index < -0.39 is 0 Å². The van der Waals surface area contributed by atoms with Crippen LogP contribution in [0.1, 0.15) is 104 Å². The maximum Gasteiger partial charge on any atom is 0.0692 e. The average molecular weight is 318 g/mol. The Morgan fingerprint density at radius 2 is 1.70 bits per heavy atom. The molecule has 0 aliphatic heterocycles. The predicted molar refractivity (Wildman–Crippen MR) is 99.0 cm³/mol. The molecular formula is C22H39N. The Hall–Kier alpha value is -0.510. The number of rotatable bonds is 7. The maximum atomic E-state index is 9.90. The smallest absolute Gasteiger partial charge is 0.0692 e. The lowest BCUT2D eigenvalue weighted by molar-refractivity contribution is 0.0883. The number of nitriles is 1. The zero-order valence-electron chi connectivity index (χ0n) is 15.9. The third-order valence-electron chi connectivity index (χ3n) is 7.11. The quantitative estimate of drug-likeness (QED) is 0.490. The fraction of sp³-hybridized carbons (Fsp3) is 0.955. The molecule has 0 aromatic rings. The highest BCUT2D eigenvalue weighted by Gasteiger charge is 2.42. The lowest BCUT2D eigenvalue weighted by Crippen LogP contribution is -2.36. The molecule has 0 radical (unpaired) electrons. The van der Waals surface area contributed by atoms with E-state index in [4.69, 9.17) is 0 Å². The second-order valence-corrected chi connectivity index (χ2v) is 8.99. The molecule has 1 atom stereocenters. The van der Waals surface area contributed by atoms with Gasteiger partial charge in [0, 0.05) is 0 Å². The molecule has 0 N–H and O–H groups in total. The molecule has 2 rings (SSSR count). The van der Waals surface area contributed by atoms with Gasteiger partial charge in [0.15, 0.2) is 0 Å². The lowest BCUT2D eigenvalue weighted by Gasteiger charge is -2.43. The number of hydrogen-bond donors (Lipinski definition) is 0. The summed E-state index contributed by atoms with van der Waals surface area (Å²) in [6, 6.07) is 2.81. The minimum absolute atomic E-state index is 0.0478. The van der Waals surface area contributed by atoms with E-state index in [2.05, 4.69) is 26.8 Å². The van der Waals surface area contributed by atoms with Gasteiger partial charge in [0.25, 0.3) is 0 Å². The van der Waals surface area contributed by atoms with Gasteiger partial charge in [-0.05, 0) is 62.2 Å². The van der Waals surface area contributed by atoms with Gasteiger partial charge in [-0.25, -0.2) is 0 Å². The third kappa shape index (κ3) is 5.23. The van der Waals surface area contributed by atoms with Gasteiger partial charge >= 0.3 is 0 Å². The molecule has 1 unspecified atom stereocenters. The number of hydrogen-bond acceptors (Lipinski definition) is 1.